The van der Waals surface area contributed by atoms with Gasteiger partial charge >= 0.3 is 0 Å². The van der Waals surface area contributed by atoms with Gasteiger partial charge in [-0.2, -0.15) is 0 Å². The van der Waals surface area contributed by atoms with Crippen molar-refractivity contribution in [2.45, 2.75) is 64.1 Å². The smallest absolute Gasteiger partial charge is 0.257 e. The largest absolute Gasteiger partial charge is 0.360 e. The van der Waals surface area contributed by atoms with E-state index in [1.165, 1.54) is 12.8 Å². The van der Waals surface area contributed by atoms with E-state index in [1.807, 2.05) is 13.8 Å². The Morgan fingerprint density at radius 1 is 1.40 bits per heavy atom. The van der Waals surface area contributed by atoms with Crippen LogP contribution in [0.3, 0.4) is 0 Å². The molecular weight excluding hydrogens is 278 g/mol. The average Bonchev–Trinajstić information content (AvgIpc) is 2.92. The van der Waals surface area contributed by atoms with Crippen LogP contribution < -0.4 is 10.6 Å². The molecule has 1 aromatic rings. The minimum Gasteiger partial charge on any atom is -0.360 e. The molecule has 1 amide bonds. The summed E-state index contributed by atoms with van der Waals surface area (Å²) < 4.78 is 5.19. The maximum atomic E-state index is 12.4. The van der Waals surface area contributed by atoms with Crippen LogP contribution in [0.5, 0.6) is 0 Å². The van der Waals surface area contributed by atoms with Crippen LogP contribution >= 0.6 is 12.4 Å². The number of carbonyl (C=O) groups is 1. The van der Waals surface area contributed by atoms with E-state index in [-0.39, 0.29) is 24.4 Å². The molecule has 5 nitrogen and oxygen atoms in total. The number of aromatic nitrogens is 1. The predicted molar refractivity (Wildman–Crippen MR) is 78.3 cm³/mol. The number of hydrogen-bond acceptors (Lipinski definition) is 4. The van der Waals surface area contributed by atoms with Crippen molar-refractivity contribution in [3.63, 3.8) is 0 Å². The van der Waals surface area contributed by atoms with Gasteiger partial charge in [-0.1, -0.05) is 12.1 Å². The molecular formula is C14H22ClN3O2. The Morgan fingerprint density at radius 2 is 2.05 bits per heavy atom. The average molecular weight is 300 g/mol. The lowest BCUT2D eigenvalue weighted by Crippen LogP contribution is -2.48. The first-order chi connectivity index (χ1) is 9.17. The first-order valence-corrected chi connectivity index (χ1v) is 7.19. The van der Waals surface area contributed by atoms with Gasteiger partial charge in [0.1, 0.15) is 11.3 Å². The van der Waals surface area contributed by atoms with E-state index >= 15 is 0 Å². The molecule has 0 aliphatic carbocycles. The van der Waals surface area contributed by atoms with Gasteiger partial charge in [-0.05, 0) is 32.6 Å². The number of piperidine rings is 1. The van der Waals surface area contributed by atoms with E-state index < -0.39 is 0 Å². The first kappa shape index (κ1) is 15.3. The highest BCUT2D eigenvalue weighted by Crippen LogP contribution is 2.27. The second kappa shape index (κ2) is 6.14. The molecule has 2 bridgehead atoms. The lowest BCUT2D eigenvalue weighted by Gasteiger charge is -2.29. The number of aryl methyl sites for hydroxylation is 2. The number of nitrogens with zero attached hydrogens (tertiary/aromatic N) is 1. The third-order valence-electron chi connectivity index (χ3n) is 4.29. The fourth-order valence-electron chi connectivity index (χ4n) is 3.38. The molecule has 1 aromatic heterocycles. The van der Waals surface area contributed by atoms with Crippen molar-refractivity contribution in [2.24, 2.45) is 0 Å². The molecule has 112 valence electrons. The molecule has 3 heterocycles. The summed E-state index contributed by atoms with van der Waals surface area (Å²) in [6.07, 6.45) is 5.25. The monoisotopic (exact) mass is 299 g/mol. The molecule has 2 N–H and O–H groups in total. The van der Waals surface area contributed by atoms with Crippen LogP contribution in [-0.2, 0) is 6.42 Å². The number of nitrogens with one attached hydrogen (secondary N) is 2. The molecule has 2 atom stereocenters. The van der Waals surface area contributed by atoms with Gasteiger partial charge in [-0.15, -0.1) is 12.4 Å². The van der Waals surface area contributed by atoms with Crippen molar-refractivity contribution >= 4 is 18.3 Å². The van der Waals surface area contributed by atoms with E-state index in [2.05, 4.69) is 15.8 Å². The standard InChI is InChI=1S/C14H21N3O2.ClH/c1-3-12-13(8(2)17-19-12)14(18)16-11-6-9-4-5-10(7-11)15-9;/h9-11,15H,3-7H2,1-2H3,(H,16,18);1H. The second-order valence-electron chi connectivity index (χ2n) is 5.70. The van der Waals surface area contributed by atoms with E-state index in [0.717, 1.165) is 12.8 Å². The van der Waals surface area contributed by atoms with Gasteiger partial charge in [0.25, 0.3) is 5.91 Å². The van der Waals surface area contributed by atoms with E-state index in [1.54, 1.807) is 0 Å². The highest BCUT2D eigenvalue weighted by molar-refractivity contribution is 5.96. The highest BCUT2D eigenvalue weighted by atomic mass is 35.5. The minimum atomic E-state index is -0.0260. The molecule has 2 aliphatic heterocycles. The first-order valence-electron chi connectivity index (χ1n) is 7.19. The van der Waals surface area contributed by atoms with Gasteiger partial charge < -0.3 is 15.2 Å². The van der Waals surface area contributed by atoms with Crippen molar-refractivity contribution in [1.82, 2.24) is 15.8 Å². The Bertz CT molecular complexity index is 477. The van der Waals surface area contributed by atoms with Crippen LogP contribution in [0.25, 0.3) is 0 Å². The summed E-state index contributed by atoms with van der Waals surface area (Å²) in [5.74, 6) is 0.661. The number of carbonyl (C=O) groups excluding carboxylic acids is 1. The Morgan fingerprint density at radius 3 is 2.65 bits per heavy atom. The Hall–Kier alpha value is -1.07. The molecule has 2 aliphatic rings. The summed E-state index contributed by atoms with van der Waals surface area (Å²) in [4.78, 5) is 12.4. The van der Waals surface area contributed by atoms with Gasteiger partial charge in [-0.3, -0.25) is 4.79 Å². The number of fused-ring (bicyclic) bond motifs is 2. The Kier molecular flexibility index (Phi) is 4.70. The van der Waals surface area contributed by atoms with Crippen molar-refractivity contribution < 1.29 is 9.32 Å². The summed E-state index contributed by atoms with van der Waals surface area (Å²) >= 11 is 0. The summed E-state index contributed by atoms with van der Waals surface area (Å²) in [7, 11) is 0. The molecule has 0 saturated carbocycles. The lowest BCUT2D eigenvalue weighted by molar-refractivity contribution is 0.0921. The molecule has 0 aromatic carbocycles. The van der Waals surface area contributed by atoms with Crippen LogP contribution in [-0.4, -0.2) is 29.2 Å². The van der Waals surface area contributed by atoms with Crippen LogP contribution in [0, 0.1) is 6.92 Å². The van der Waals surface area contributed by atoms with Crippen LogP contribution in [0.15, 0.2) is 4.52 Å². The third-order valence-corrected chi connectivity index (χ3v) is 4.29. The molecule has 2 saturated heterocycles. The number of halogens is 1. The third kappa shape index (κ3) is 2.83. The molecule has 0 radical (unpaired) electrons. The van der Waals surface area contributed by atoms with Crippen molar-refractivity contribution in [1.29, 1.82) is 0 Å². The maximum absolute atomic E-state index is 12.4. The Labute approximate surface area is 125 Å². The van der Waals surface area contributed by atoms with Crippen LogP contribution in [0.2, 0.25) is 0 Å². The number of hydrogen-bond donors (Lipinski definition) is 2. The Balaban J connectivity index is 0.00000147. The van der Waals surface area contributed by atoms with Gasteiger partial charge in [0, 0.05) is 24.5 Å². The van der Waals surface area contributed by atoms with Gasteiger partial charge in [0.15, 0.2) is 0 Å². The highest BCUT2D eigenvalue weighted by Gasteiger charge is 2.34. The maximum Gasteiger partial charge on any atom is 0.257 e. The van der Waals surface area contributed by atoms with Gasteiger partial charge in [-0.25, -0.2) is 0 Å². The van der Waals surface area contributed by atoms with E-state index in [9.17, 15) is 4.79 Å². The molecule has 6 heteroatoms. The van der Waals surface area contributed by atoms with Gasteiger partial charge in [0.2, 0.25) is 0 Å². The van der Waals surface area contributed by atoms with Crippen molar-refractivity contribution in [3.05, 3.63) is 17.0 Å². The fraction of sp³-hybridized carbons (Fsp3) is 0.714. The van der Waals surface area contributed by atoms with Crippen molar-refractivity contribution in [2.75, 3.05) is 0 Å². The van der Waals surface area contributed by atoms with Gasteiger partial charge in [0.05, 0.1) is 5.69 Å². The molecule has 2 unspecified atom stereocenters. The zero-order chi connectivity index (χ0) is 13.4. The lowest BCUT2D eigenvalue weighted by atomic mass is 9.99. The molecule has 2 fully saturated rings. The zero-order valence-electron chi connectivity index (χ0n) is 11.9. The molecule has 20 heavy (non-hydrogen) atoms. The zero-order valence-corrected chi connectivity index (χ0v) is 12.8. The van der Waals surface area contributed by atoms with E-state index in [0.29, 0.717) is 35.5 Å². The topological polar surface area (TPSA) is 67.2 Å². The number of amides is 1. The normalized spacial score (nSPS) is 28.0. The summed E-state index contributed by atoms with van der Waals surface area (Å²) in [6.45, 7) is 3.80. The quantitative estimate of drug-likeness (QED) is 0.895. The van der Waals surface area contributed by atoms with Crippen molar-refractivity contribution in [3.8, 4) is 0 Å². The fourth-order valence-corrected chi connectivity index (χ4v) is 3.38. The minimum absolute atomic E-state index is 0. The summed E-state index contributed by atoms with van der Waals surface area (Å²) in [5.41, 5.74) is 1.32. The number of rotatable bonds is 3. The predicted octanol–water partition coefficient (Wildman–Crippen LogP) is 1.98. The SMILES string of the molecule is CCc1onc(C)c1C(=O)NC1CC2CCC(C1)N2.Cl. The summed E-state index contributed by atoms with van der Waals surface area (Å²) in [6, 6.07) is 1.45. The molecule has 3 rings (SSSR count). The second-order valence-corrected chi connectivity index (χ2v) is 5.70. The van der Waals surface area contributed by atoms with E-state index in [4.69, 9.17) is 4.52 Å². The summed E-state index contributed by atoms with van der Waals surface area (Å²) in [5, 5.41) is 10.6. The molecule has 0 spiro atoms. The van der Waals surface area contributed by atoms with Crippen LogP contribution in [0.1, 0.15) is 54.4 Å². The van der Waals surface area contributed by atoms with Crippen LogP contribution in [0.4, 0.5) is 0 Å².